The molecule has 2 aromatic carbocycles. The Morgan fingerprint density at radius 1 is 0.769 bits per heavy atom. The van der Waals surface area contributed by atoms with Crippen LogP contribution in [0.4, 0.5) is 5.69 Å². The maximum atomic E-state index is 12.9. The predicted molar refractivity (Wildman–Crippen MR) is 101 cm³/mol. The van der Waals surface area contributed by atoms with E-state index < -0.39 is 10.0 Å². The van der Waals surface area contributed by atoms with E-state index in [-0.39, 0.29) is 4.90 Å². The topological polar surface area (TPSA) is 58.4 Å². The highest BCUT2D eigenvalue weighted by Crippen LogP contribution is 2.21. The van der Waals surface area contributed by atoms with E-state index in [1.165, 1.54) is 6.20 Å². The molecule has 0 radical (unpaired) electrons. The molecular formula is C19H20N4O2S. The first-order valence-electron chi connectivity index (χ1n) is 8.55. The first kappa shape index (κ1) is 16.8. The number of aromatic nitrogens is 2. The fourth-order valence-electron chi connectivity index (χ4n) is 3.14. The van der Waals surface area contributed by atoms with Gasteiger partial charge in [-0.05, 0) is 24.3 Å². The fourth-order valence-corrected chi connectivity index (χ4v) is 4.49. The predicted octanol–water partition coefficient (Wildman–Crippen LogP) is 2.38. The van der Waals surface area contributed by atoms with Crippen molar-refractivity contribution in [1.29, 1.82) is 0 Å². The van der Waals surface area contributed by atoms with Gasteiger partial charge in [-0.25, -0.2) is 13.1 Å². The van der Waals surface area contributed by atoms with E-state index >= 15 is 0 Å². The highest BCUT2D eigenvalue weighted by atomic mass is 32.2. The third kappa shape index (κ3) is 3.23. The van der Waals surface area contributed by atoms with Gasteiger partial charge in [0.2, 0.25) is 10.0 Å². The average Bonchev–Trinajstić information content (AvgIpc) is 3.21. The molecule has 4 rings (SSSR count). The van der Waals surface area contributed by atoms with Crippen LogP contribution in [-0.2, 0) is 10.0 Å². The van der Waals surface area contributed by atoms with Crippen LogP contribution in [0.15, 0.2) is 78.0 Å². The molecule has 6 nitrogen and oxygen atoms in total. The lowest BCUT2D eigenvalue weighted by atomic mass is 10.2. The molecule has 3 aromatic rings. The van der Waals surface area contributed by atoms with Crippen LogP contribution in [0.25, 0.3) is 5.69 Å². The molecule has 0 saturated carbocycles. The van der Waals surface area contributed by atoms with Crippen molar-refractivity contribution < 1.29 is 8.42 Å². The highest BCUT2D eigenvalue weighted by molar-refractivity contribution is 7.89. The molecule has 0 atom stereocenters. The van der Waals surface area contributed by atoms with Crippen molar-refractivity contribution in [2.45, 2.75) is 4.90 Å². The van der Waals surface area contributed by atoms with E-state index in [0.29, 0.717) is 26.2 Å². The molecule has 134 valence electrons. The molecule has 1 aliphatic rings. The van der Waals surface area contributed by atoms with Crippen LogP contribution in [-0.4, -0.2) is 48.7 Å². The van der Waals surface area contributed by atoms with Gasteiger partial charge in [-0.2, -0.15) is 9.40 Å². The lowest BCUT2D eigenvalue weighted by Crippen LogP contribution is -2.48. The molecule has 2 heterocycles. The second-order valence-corrected chi connectivity index (χ2v) is 8.12. The van der Waals surface area contributed by atoms with E-state index in [0.717, 1.165) is 11.4 Å². The van der Waals surface area contributed by atoms with Gasteiger partial charge in [-0.3, -0.25) is 0 Å². The number of hydrogen-bond acceptors (Lipinski definition) is 4. The summed E-state index contributed by atoms with van der Waals surface area (Å²) >= 11 is 0. The molecule has 1 aliphatic heterocycles. The quantitative estimate of drug-likeness (QED) is 0.709. The number of sulfonamides is 1. The minimum absolute atomic E-state index is 0.231. The molecule has 26 heavy (non-hydrogen) atoms. The minimum atomic E-state index is -3.53. The Morgan fingerprint density at radius 2 is 1.35 bits per heavy atom. The molecule has 0 bridgehead atoms. The lowest BCUT2D eigenvalue weighted by molar-refractivity contribution is 0.385. The third-order valence-corrected chi connectivity index (χ3v) is 6.43. The average molecular weight is 368 g/mol. The van der Waals surface area contributed by atoms with Crippen molar-refractivity contribution in [3.63, 3.8) is 0 Å². The summed E-state index contributed by atoms with van der Waals surface area (Å²) in [5.41, 5.74) is 1.96. The summed E-state index contributed by atoms with van der Waals surface area (Å²) < 4.78 is 29.0. The van der Waals surface area contributed by atoms with Crippen molar-refractivity contribution in [3.05, 3.63) is 73.1 Å². The standard InChI is InChI=1S/C19H20N4O2S/c24-26(25,19-15-20-23(16-19)18-9-5-2-6-10-18)22-13-11-21(12-14-22)17-7-3-1-4-8-17/h1-10,15-16H,11-14H2. The van der Waals surface area contributed by atoms with Crippen molar-refractivity contribution in [2.75, 3.05) is 31.1 Å². The van der Waals surface area contributed by atoms with E-state index in [4.69, 9.17) is 0 Å². The number of piperazine rings is 1. The minimum Gasteiger partial charge on any atom is -0.369 e. The highest BCUT2D eigenvalue weighted by Gasteiger charge is 2.29. The summed E-state index contributed by atoms with van der Waals surface area (Å²) in [6.45, 7) is 2.29. The Labute approximate surface area is 153 Å². The molecule has 0 aliphatic carbocycles. The van der Waals surface area contributed by atoms with Gasteiger partial charge in [-0.15, -0.1) is 0 Å². The molecule has 0 N–H and O–H groups in total. The van der Waals surface area contributed by atoms with Gasteiger partial charge in [-0.1, -0.05) is 36.4 Å². The van der Waals surface area contributed by atoms with Gasteiger partial charge in [0.05, 0.1) is 18.1 Å². The van der Waals surface area contributed by atoms with Crippen LogP contribution >= 0.6 is 0 Å². The van der Waals surface area contributed by atoms with Crippen LogP contribution in [0, 0.1) is 0 Å². The molecule has 1 saturated heterocycles. The summed E-state index contributed by atoms with van der Waals surface area (Å²) in [5.74, 6) is 0. The zero-order valence-electron chi connectivity index (χ0n) is 14.3. The molecule has 7 heteroatoms. The number of benzene rings is 2. The van der Waals surface area contributed by atoms with E-state index in [2.05, 4.69) is 10.00 Å². The van der Waals surface area contributed by atoms with Crippen molar-refractivity contribution in [2.24, 2.45) is 0 Å². The van der Waals surface area contributed by atoms with E-state index in [1.807, 2.05) is 60.7 Å². The summed E-state index contributed by atoms with van der Waals surface area (Å²) in [4.78, 5) is 2.44. The Morgan fingerprint density at radius 3 is 1.96 bits per heavy atom. The molecule has 0 unspecified atom stereocenters. The normalized spacial score (nSPS) is 15.9. The summed E-state index contributed by atoms with van der Waals surface area (Å²) in [6, 6.07) is 19.6. The molecule has 0 amide bonds. The second-order valence-electron chi connectivity index (χ2n) is 6.18. The Bertz CT molecular complexity index is 963. The summed E-state index contributed by atoms with van der Waals surface area (Å²) in [7, 11) is -3.53. The Balaban J connectivity index is 1.49. The molecule has 1 fully saturated rings. The fraction of sp³-hybridized carbons (Fsp3) is 0.211. The molecule has 1 aromatic heterocycles. The summed E-state index contributed by atoms with van der Waals surface area (Å²) in [6.07, 6.45) is 3.00. The van der Waals surface area contributed by atoms with Gasteiger partial charge < -0.3 is 4.90 Å². The lowest BCUT2D eigenvalue weighted by Gasteiger charge is -2.35. The van der Waals surface area contributed by atoms with E-state index in [9.17, 15) is 8.42 Å². The Kier molecular flexibility index (Phi) is 4.48. The first-order chi connectivity index (χ1) is 12.6. The van der Waals surface area contributed by atoms with Crippen molar-refractivity contribution in [1.82, 2.24) is 14.1 Å². The van der Waals surface area contributed by atoms with Gasteiger partial charge in [0.1, 0.15) is 4.90 Å². The number of nitrogens with zero attached hydrogens (tertiary/aromatic N) is 4. The maximum absolute atomic E-state index is 12.9. The van der Waals surface area contributed by atoms with Crippen LogP contribution in [0.5, 0.6) is 0 Å². The maximum Gasteiger partial charge on any atom is 0.246 e. The summed E-state index contributed by atoms with van der Waals surface area (Å²) in [5, 5.41) is 4.21. The zero-order chi connectivity index (χ0) is 18.0. The largest absolute Gasteiger partial charge is 0.369 e. The van der Waals surface area contributed by atoms with Gasteiger partial charge >= 0.3 is 0 Å². The molecular weight excluding hydrogens is 348 g/mol. The van der Waals surface area contributed by atoms with Crippen LogP contribution in [0.3, 0.4) is 0 Å². The van der Waals surface area contributed by atoms with Gasteiger partial charge in [0.15, 0.2) is 0 Å². The van der Waals surface area contributed by atoms with Crippen LogP contribution < -0.4 is 4.90 Å². The number of anilines is 1. The van der Waals surface area contributed by atoms with Gasteiger partial charge in [0.25, 0.3) is 0 Å². The molecule has 0 spiro atoms. The first-order valence-corrected chi connectivity index (χ1v) is 9.99. The van der Waals surface area contributed by atoms with Crippen molar-refractivity contribution >= 4 is 15.7 Å². The number of para-hydroxylation sites is 2. The van der Waals surface area contributed by atoms with Gasteiger partial charge in [0, 0.05) is 31.9 Å². The van der Waals surface area contributed by atoms with Crippen LogP contribution in [0.1, 0.15) is 0 Å². The number of hydrogen-bond donors (Lipinski definition) is 0. The third-order valence-electron chi connectivity index (χ3n) is 4.58. The second kappa shape index (κ2) is 6.93. The monoisotopic (exact) mass is 368 g/mol. The van der Waals surface area contributed by atoms with Crippen LogP contribution in [0.2, 0.25) is 0 Å². The SMILES string of the molecule is O=S(=O)(c1cnn(-c2ccccc2)c1)N1CCN(c2ccccc2)CC1. The van der Waals surface area contributed by atoms with E-state index in [1.54, 1.807) is 15.2 Å². The number of rotatable bonds is 4. The Hall–Kier alpha value is -2.64. The van der Waals surface area contributed by atoms with Crippen molar-refractivity contribution in [3.8, 4) is 5.69 Å². The zero-order valence-corrected chi connectivity index (χ0v) is 15.1. The smallest absolute Gasteiger partial charge is 0.246 e.